The molecule has 9 heteroatoms. The predicted molar refractivity (Wildman–Crippen MR) is 182 cm³/mol. The lowest BCUT2D eigenvalue weighted by Crippen LogP contribution is -2.48. The van der Waals surface area contributed by atoms with Gasteiger partial charge in [0.15, 0.2) is 0 Å². The molecule has 0 aromatic rings. The Morgan fingerprint density at radius 2 is 1.00 bits per heavy atom. The average Bonchev–Trinajstić information content (AvgIpc) is 3.03. The average molecular weight is 648 g/mol. The van der Waals surface area contributed by atoms with Crippen LogP contribution in [-0.2, 0) is 9.47 Å². The first-order valence-corrected chi connectivity index (χ1v) is 18.7. The van der Waals surface area contributed by atoms with Crippen molar-refractivity contribution in [3.05, 3.63) is 0 Å². The molecule has 6 N–H and O–H groups in total. The molecule has 0 fully saturated rings. The Labute approximate surface area is 275 Å². The van der Waals surface area contributed by atoms with E-state index in [-0.39, 0.29) is 26.2 Å². The van der Waals surface area contributed by atoms with Crippen LogP contribution in [0.15, 0.2) is 0 Å². The predicted octanol–water partition coefficient (Wildman–Crippen LogP) is 6.94. The van der Waals surface area contributed by atoms with Gasteiger partial charge in [-0.2, -0.15) is 0 Å². The third-order valence-electron chi connectivity index (χ3n) is 8.70. The second-order valence-corrected chi connectivity index (χ2v) is 13.0. The fourth-order valence-corrected chi connectivity index (χ4v) is 5.48. The van der Waals surface area contributed by atoms with E-state index in [1.807, 2.05) is 0 Å². The molecule has 0 saturated carbocycles. The van der Waals surface area contributed by atoms with Crippen LogP contribution in [-0.4, -0.2) is 88.5 Å². The van der Waals surface area contributed by atoms with Crippen LogP contribution in [0, 0.1) is 0 Å². The monoisotopic (exact) mass is 648 g/mol. The minimum atomic E-state index is -1.34. The quantitative estimate of drug-likeness (QED) is 0.0412. The van der Waals surface area contributed by atoms with Crippen LogP contribution in [0.1, 0.15) is 168 Å². The molecule has 0 saturated heterocycles. The minimum absolute atomic E-state index is 0.0477. The Morgan fingerprint density at radius 1 is 0.578 bits per heavy atom. The molecule has 0 aromatic heterocycles. The highest BCUT2D eigenvalue weighted by atomic mass is 16.5. The standard InChI is InChI=1S/C36H73NO8/c1-3-5-6-7-8-9-10-11-12-13-14-15-16-17-18-19-20-21-22-23-24-25-26-45-36(43)37-32(33(40)27-31(39)4-2)29-44-30-35(42)34(41)28-38/h31-35,38-42H,3-30H2,1-2H3,(H,37,43). The lowest BCUT2D eigenvalue weighted by Gasteiger charge is -2.26. The number of carbonyl (C=O) groups is 1. The zero-order valence-corrected chi connectivity index (χ0v) is 29.1. The van der Waals surface area contributed by atoms with Gasteiger partial charge in [0.2, 0.25) is 0 Å². The molecule has 9 nitrogen and oxygen atoms in total. The van der Waals surface area contributed by atoms with Gasteiger partial charge in [-0.25, -0.2) is 4.79 Å². The molecule has 5 atom stereocenters. The van der Waals surface area contributed by atoms with Gasteiger partial charge in [0.1, 0.15) is 12.2 Å². The van der Waals surface area contributed by atoms with Gasteiger partial charge in [0, 0.05) is 6.42 Å². The summed E-state index contributed by atoms with van der Waals surface area (Å²) >= 11 is 0. The Morgan fingerprint density at radius 3 is 1.40 bits per heavy atom. The molecule has 0 aliphatic rings. The van der Waals surface area contributed by atoms with Gasteiger partial charge in [-0.05, 0) is 12.8 Å². The van der Waals surface area contributed by atoms with Crippen LogP contribution in [0.4, 0.5) is 4.79 Å². The second-order valence-electron chi connectivity index (χ2n) is 13.0. The molecular formula is C36H73NO8. The number of hydrogen-bond donors (Lipinski definition) is 6. The highest BCUT2D eigenvalue weighted by Gasteiger charge is 2.25. The van der Waals surface area contributed by atoms with Crippen molar-refractivity contribution in [2.75, 3.05) is 26.4 Å². The molecule has 0 aliphatic carbocycles. The summed E-state index contributed by atoms with van der Waals surface area (Å²) in [6.07, 6.45) is 24.4. The Kier molecular flexibility index (Phi) is 32.2. The van der Waals surface area contributed by atoms with E-state index >= 15 is 0 Å². The van der Waals surface area contributed by atoms with Crippen LogP contribution >= 0.6 is 0 Å². The van der Waals surface area contributed by atoms with E-state index in [0.29, 0.717) is 6.42 Å². The largest absolute Gasteiger partial charge is 0.450 e. The lowest BCUT2D eigenvalue weighted by molar-refractivity contribution is -0.0658. The smallest absolute Gasteiger partial charge is 0.407 e. The Bertz CT molecular complexity index is 626. The van der Waals surface area contributed by atoms with Crippen molar-refractivity contribution in [2.24, 2.45) is 0 Å². The number of nitrogens with one attached hydrogen (secondary N) is 1. The molecule has 0 spiro atoms. The van der Waals surface area contributed by atoms with E-state index in [9.17, 15) is 25.2 Å². The normalized spacial score (nSPS) is 15.0. The zero-order valence-electron chi connectivity index (χ0n) is 29.1. The summed E-state index contributed by atoms with van der Waals surface area (Å²) in [6, 6.07) is -0.860. The van der Waals surface area contributed by atoms with Crippen molar-refractivity contribution in [2.45, 2.75) is 198 Å². The summed E-state index contributed by atoms with van der Waals surface area (Å²) in [5, 5.41) is 51.0. The molecule has 270 valence electrons. The van der Waals surface area contributed by atoms with E-state index in [0.717, 1.165) is 19.3 Å². The van der Waals surface area contributed by atoms with E-state index in [2.05, 4.69) is 12.2 Å². The number of rotatable bonds is 34. The fourth-order valence-electron chi connectivity index (χ4n) is 5.48. The molecule has 5 unspecified atom stereocenters. The van der Waals surface area contributed by atoms with Crippen molar-refractivity contribution in [1.29, 1.82) is 0 Å². The third kappa shape index (κ3) is 28.9. The van der Waals surface area contributed by atoms with E-state index in [4.69, 9.17) is 14.6 Å². The van der Waals surface area contributed by atoms with Crippen molar-refractivity contribution in [3.8, 4) is 0 Å². The molecule has 0 rings (SSSR count). The minimum Gasteiger partial charge on any atom is -0.450 e. The Hall–Kier alpha value is -0.970. The number of carbonyl (C=O) groups excluding carboxylic acids is 1. The number of ether oxygens (including phenoxy) is 2. The highest BCUT2D eigenvalue weighted by molar-refractivity contribution is 5.67. The van der Waals surface area contributed by atoms with Gasteiger partial charge in [0.05, 0.1) is 44.7 Å². The molecule has 45 heavy (non-hydrogen) atoms. The number of unbranched alkanes of at least 4 members (excludes halogenated alkanes) is 21. The lowest BCUT2D eigenvalue weighted by atomic mass is 10.0. The summed E-state index contributed by atoms with van der Waals surface area (Å²) in [7, 11) is 0. The fraction of sp³-hybridized carbons (Fsp3) is 0.972. The molecule has 0 aromatic carbocycles. The van der Waals surface area contributed by atoms with Crippen LogP contribution in [0.3, 0.4) is 0 Å². The number of aliphatic hydroxyl groups is 5. The summed E-state index contributed by atoms with van der Waals surface area (Å²) in [4.78, 5) is 12.3. The summed E-state index contributed by atoms with van der Waals surface area (Å²) < 4.78 is 10.6. The summed E-state index contributed by atoms with van der Waals surface area (Å²) in [6.45, 7) is 3.31. The number of hydrogen-bond acceptors (Lipinski definition) is 8. The summed E-state index contributed by atoms with van der Waals surface area (Å²) in [5.41, 5.74) is 0. The first-order valence-electron chi connectivity index (χ1n) is 18.7. The van der Waals surface area contributed by atoms with Crippen LogP contribution in [0.5, 0.6) is 0 Å². The second kappa shape index (κ2) is 33.0. The number of aliphatic hydroxyl groups excluding tert-OH is 5. The van der Waals surface area contributed by atoms with Crippen LogP contribution < -0.4 is 5.32 Å². The van der Waals surface area contributed by atoms with Gasteiger partial charge in [-0.3, -0.25) is 0 Å². The van der Waals surface area contributed by atoms with Crippen molar-refractivity contribution in [3.63, 3.8) is 0 Å². The van der Waals surface area contributed by atoms with Gasteiger partial charge in [-0.15, -0.1) is 0 Å². The highest BCUT2D eigenvalue weighted by Crippen LogP contribution is 2.15. The molecule has 0 heterocycles. The topological polar surface area (TPSA) is 149 Å². The molecule has 0 radical (unpaired) electrons. The maximum Gasteiger partial charge on any atom is 0.407 e. The third-order valence-corrected chi connectivity index (χ3v) is 8.70. The van der Waals surface area contributed by atoms with E-state index in [1.54, 1.807) is 6.92 Å². The molecule has 0 aliphatic heterocycles. The van der Waals surface area contributed by atoms with E-state index in [1.165, 1.54) is 122 Å². The maximum atomic E-state index is 12.3. The van der Waals surface area contributed by atoms with Gasteiger partial charge in [0.25, 0.3) is 0 Å². The SMILES string of the molecule is CCCCCCCCCCCCCCCCCCCCCCCCOC(=O)NC(COCC(O)C(O)CO)C(O)CC(O)CC. The first-order chi connectivity index (χ1) is 21.8. The maximum absolute atomic E-state index is 12.3. The molecular weight excluding hydrogens is 574 g/mol. The Balaban J connectivity index is 3.72. The molecule has 0 bridgehead atoms. The van der Waals surface area contributed by atoms with Gasteiger partial charge < -0.3 is 40.3 Å². The van der Waals surface area contributed by atoms with Crippen LogP contribution in [0.25, 0.3) is 0 Å². The van der Waals surface area contributed by atoms with Crippen LogP contribution in [0.2, 0.25) is 0 Å². The zero-order chi connectivity index (χ0) is 33.4. The van der Waals surface area contributed by atoms with Crippen molar-refractivity contribution >= 4 is 6.09 Å². The first kappa shape index (κ1) is 44.0. The number of amides is 1. The number of alkyl carbamates (subject to hydrolysis) is 1. The summed E-state index contributed by atoms with van der Waals surface area (Å²) in [5.74, 6) is 0. The molecule has 1 amide bonds. The van der Waals surface area contributed by atoms with Crippen molar-refractivity contribution < 1.29 is 39.8 Å². The van der Waals surface area contributed by atoms with Gasteiger partial charge >= 0.3 is 6.09 Å². The van der Waals surface area contributed by atoms with Gasteiger partial charge in [-0.1, -0.05) is 149 Å². The van der Waals surface area contributed by atoms with E-state index < -0.39 is 43.2 Å². The van der Waals surface area contributed by atoms with Crippen molar-refractivity contribution in [1.82, 2.24) is 5.32 Å².